The Morgan fingerprint density at radius 2 is 1.41 bits per heavy atom. The molecule has 3 aromatic rings. The number of anilines is 1. The van der Waals surface area contributed by atoms with Crippen molar-refractivity contribution < 1.29 is 19.1 Å². The quantitative estimate of drug-likeness (QED) is 0.429. The van der Waals surface area contributed by atoms with Crippen LogP contribution in [0.2, 0.25) is 0 Å². The molecular formula is C30H33N3O4. The van der Waals surface area contributed by atoms with Gasteiger partial charge in [0.05, 0.1) is 37.1 Å². The summed E-state index contributed by atoms with van der Waals surface area (Å²) in [6, 6.07) is 21.5. The summed E-state index contributed by atoms with van der Waals surface area (Å²) in [6.45, 7) is 7.45. The van der Waals surface area contributed by atoms with Gasteiger partial charge in [-0.2, -0.15) is 0 Å². The maximum atomic E-state index is 13.7. The molecule has 192 valence electrons. The molecule has 2 amide bonds. The Hall–Kier alpha value is -3.84. The van der Waals surface area contributed by atoms with Crippen molar-refractivity contribution in [2.24, 2.45) is 0 Å². The van der Waals surface area contributed by atoms with Crippen LogP contribution in [0.3, 0.4) is 0 Å². The van der Waals surface area contributed by atoms with Crippen LogP contribution in [0.5, 0.6) is 11.5 Å². The molecule has 37 heavy (non-hydrogen) atoms. The van der Waals surface area contributed by atoms with Gasteiger partial charge in [-0.15, -0.1) is 0 Å². The zero-order chi connectivity index (χ0) is 26.1. The van der Waals surface area contributed by atoms with E-state index in [4.69, 9.17) is 9.47 Å². The summed E-state index contributed by atoms with van der Waals surface area (Å²) in [6.07, 6.45) is 0. The molecule has 2 atom stereocenters. The van der Waals surface area contributed by atoms with Crippen molar-refractivity contribution in [2.45, 2.75) is 25.9 Å². The number of fused-ring (bicyclic) bond motifs is 1. The molecule has 2 aliphatic rings. The van der Waals surface area contributed by atoms with Gasteiger partial charge >= 0.3 is 0 Å². The second-order valence-corrected chi connectivity index (χ2v) is 9.58. The van der Waals surface area contributed by atoms with Crippen molar-refractivity contribution in [3.05, 3.63) is 89.0 Å². The van der Waals surface area contributed by atoms with E-state index < -0.39 is 6.04 Å². The fraction of sp³-hybridized carbons (Fsp3) is 0.333. The molecular weight excluding hydrogens is 466 g/mol. The Morgan fingerprint density at radius 1 is 0.703 bits per heavy atom. The molecule has 1 saturated heterocycles. The van der Waals surface area contributed by atoms with Gasteiger partial charge in [-0.25, -0.2) is 0 Å². The lowest BCUT2D eigenvalue weighted by Crippen LogP contribution is -2.47. The van der Waals surface area contributed by atoms with Gasteiger partial charge in [-0.3, -0.25) is 19.4 Å². The maximum Gasteiger partial charge on any atom is 0.264 e. The van der Waals surface area contributed by atoms with Crippen LogP contribution in [0.25, 0.3) is 0 Å². The minimum atomic E-state index is -0.455. The highest BCUT2D eigenvalue weighted by Gasteiger charge is 2.41. The first-order valence-corrected chi connectivity index (χ1v) is 12.7. The average Bonchev–Trinajstić information content (AvgIpc) is 3.21. The highest BCUT2D eigenvalue weighted by Crippen LogP contribution is 2.39. The zero-order valence-corrected chi connectivity index (χ0v) is 21.8. The highest BCUT2D eigenvalue weighted by atomic mass is 16.5. The van der Waals surface area contributed by atoms with Gasteiger partial charge in [0, 0.05) is 32.2 Å². The van der Waals surface area contributed by atoms with Gasteiger partial charge in [0.2, 0.25) is 0 Å². The number of hydrogen-bond acceptors (Lipinski definition) is 6. The minimum Gasteiger partial charge on any atom is -0.493 e. The summed E-state index contributed by atoms with van der Waals surface area (Å²) in [4.78, 5) is 33.3. The number of carbonyl (C=O) groups excluding carboxylic acids is 2. The van der Waals surface area contributed by atoms with Crippen LogP contribution < -0.4 is 14.4 Å². The van der Waals surface area contributed by atoms with Crippen molar-refractivity contribution in [2.75, 3.05) is 45.3 Å². The van der Waals surface area contributed by atoms with Crippen molar-refractivity contribution >= 4 is 17.5 Å². The number of nitrogens with zero attached hydrogens (tertiary/aromatic N) is 3. The van der Waals surface area contributed by atoms with E-state index in [-0.39, 0.29) is 11.8 Å². The number of carbonyl (C=O) groups is 2. The monoisotopic (exact) mass is 499 g/mol. The Morgan fingerprint density at radius 3 is 2.08 bits per heavy atom. The second-order valence-electron chi connectivity index (χ2n) is 9.58. The number of hydrogen-bond donors (Lipinski definition) is 0. The summed E-state index contributed by atoms with van der Waals surface area (Å²) in [5.41, 5.74) is 3.92. The van der Waals surface area contributed by atoms with Crippen LogP contribution in [0.15, 0.2) is 66.7 Å². The molecule has 7 nitrogen and oxygen atoms in total. The molecule has 2 aliphatic heterocycles. The van der Waals surface area contributed by atoms with Crippen molar-refractivity contribution in [1.82, 2.24) is 9.80 Å². The molecule has 0 unspecified atom stereocenters. The van der Waals surface area contributed by atoms with E-state index in [1.165, 1.54) is 10.5 Å². The van der Waals surface area contributed by atoms with E-state index in [0.29, 0.717) is 28.7 Å². The summed E-state index contributed by atoms with van der Waals surface area (Å²) >= 11 is 0. The van der Waals surface area contributed by atoms with Crippen LogP contribution in [0.1, 0.15) is 57.8 Å². The fourth-order valence-corrected chi connectivity index (χ4v) is 5.46. The molecule has 0 aliphatic carbocycles. The smallest absolute Gasteiger partial charge is 0.264 e. The number of methoxy groups -OCH3 is 2. The SMILES string of the molecule is COc1ccc([C@@H](C)N2C(=O)c3cccc(N4CCN([C@H](C)c5ccccc5)CC4)c3C2=O)cc1OC. The molecule has 0 radical (unpaired) electrons. The van der Waals surface area contributed by atoms with Gasteiger partial charge in [0.25, 0.3) is 11.8 Å². The van der Waals surface area contributed by atoms with Crippen molar-refractivity contribution in [3.8, 4) is 11.5 Å². The molecule has 1 fully saturated rings. The predicted octanol–water partition coefficient (Wildman–Crippen LogP) is 4.94. The fourth-order valence-electron chi connectivity index (χ4n) is 5.46. The Bertz CT molecular complexity index is 1300. The third-order valence-corrected chi connectivity index (χ3v) is 7.69. The first-order chi connectivity index (χ1) is 17.9. The molecule has 0 aromatic heterocycles. The maximum absolute atomic E-state index is 13.7. The number of imide groups is 1. The molecule has 0 spiro atoms. The van der Waals surface area contributed by atoms with Gasteiger partial charge in [0.1, 0.15) is 0 Å². The molecule has 2 heterocycles. The van der Waals surface area contributed by atoms with Gasteiger partial charge in [-0.1, -0.05) is 42.5 Å². The van der Waals surface area contributed by atoms with Crippen LogP contribution in [0.4, 0.5) is 5.69 Å². The van der Waals surface area contributed by atoms with Crippen LogP contribution in [-0.4, -0.2) is 62.0 Å². The minimum absolute atomic E-state index is 0.252. The van der Waals surface area contributed by atoms with E-state index in [1.54, 1.807) is 26.4 Å². The number of ether oxygens (including phenoxy) is 2. The largest absolute Gasteiger partial charge is 0.493 e. The van der Waals surface area contributed by atoms with E-state index in [1.807, 2.05) is 37.3 Å². The molecule has 0 bridgehead atoms. The Kier molecular flexibility index (Phi) is 6.89. The normalized spacial score (nSPS) is 17.5. The summed E-state index contributed by atoms with van der Waals surface area (Å²) in [7, 11) is 3.15. The molecule has 0 saturated carbocycles. The average molecular weight is 500 g/mol. The first-order valence-electron chi connectivity index (χ1n) is 12.7. The Balaban J connectivity index is 1.36. The zero-order valence-electron chi connectivity index (χ0n) is 21.8. The van der Waals surface area contributed by atoms with Gasteiger partial charge in [0.15, 0.2) is 11.5 Å². The lowest BCUT2D eigenvalue weighted by Gasteiger charge is -2.39. The van der Waals surface area contributed by atoms with E-state index in [2.05, 4.69) is 41.0 Å². The summed E-state index contributed by atoms with van der Waals surface area (Å²) in [5.74, 6) is 0.647. The van der Waals surface area contributed by atoms with E-state index in [9.17, 15) is 9.59 Å². The predicted molar refractivity (Wildman–Crippen MR) is 144 cm³/mol. The number of amides is 2. The van der Waals surface area contributed by atoms with Crippen LogP contribution in [0, 0.1) is 0 Å². The second kappa shape index (κ2) is 10.3. The molecule has 3 aromatic carbocycles. The number of piperazine rings is 1. The van der Waals surface area contributed by atoms with E-state index in [0.717, 1.165) is 37.4 Å². The van der Waals surface area contributed by atoms with Gasteiger partial charge < -0.3 is 14.4 Å². The Labute approximate surface area is 218 Å². The van der Waals surface area contributed by atoms with Crippen molar-refractivity contribution in [1.29, 1.82) is 0 Å². The first kappa shape index (κ1) is 24.8. The molecule has 5 rings (SSSR count). The van der Waals surface area contributed by atoms with Crippen molar-refractivity contribution in [3.63, 3.8) is 0 Å². The lowest BCUT2D eigenvalue weighted by atomic mass is 10.0. The van der Waals surface area contributed by atoms with E-state index >= 15 is 0 Å². The topological polar surface area (TPSA) is 62.3 Å². The standard InChI is InChI=1S/C30H33N3O4/c1-20(22-9-6-5-7-10-22)31-15-17-32(18-16-31)25-12-8-11-24-28(25)30(35)33(29(24)34)21(2)23-13-14-26(36-3)27(19-23)37-4/h5-14,19-21H,15-18H2,1-4H3/t20-,21-/m1/s1. The third kappa shape index (κ3) is 4.44. The van der Waals surface area contributed by atoms with Gasteiger partial charge in [-0.05, 0) is 49.2 Å². The highest BCUT2D eigenvalue weighted by molar-refractivity contribution is 6.24. The lowest BCUT2D eigenvalue weighted by molar-refractivity contribution is 0.0595. The summed E-state index contributed by atoms with van der Waals surface area (Å²) < 4.78 is 10.8. The summed E-state index contributed by atoms with van der Waals surface area (Å²) in [5, 5.41) is 0. The molecule has 7 heteroatoms. The molecule has 0 N–H and O–H groups in total. The third-order valence-electron chi connectivity index (χ3n) is 7.69. The number of benzene rings is 3. The van der Waals surface area contributed by atoms with Crippen LogP contribution >= 0.6 is 0 Å². The van der Waals surface area contributed by atoms with Crippen LogP contribution in [-0.2, 0) is 0 Å². The number of rotatable bonds is 7.